The Labute approximate surface area is 122 Å². The van der Waals surface area contributed by atoms with Crippen molar-refractivity contribution in [2.24, 2.45) is 5.73 Å². The summed E-state index contributed by atoms with van der Waals surface area (Å²) >= 11 is 3.13. The van der Waals surface area contributed by atoms with Gasteiger partial charge in [0, 0.05) is 5.75 Å². The minimum Gasteiger partial charge on any atom is -0.368 e. The molecule has 0 spiro atoms. The lowest BCUT2D eigenvalue weighted by Gasteiger charge is -2.27. The number of hydrogen-bond donors (Lipinski definition) is 2. The molecule has 19 heavy (non-hydrogen) atoms. The van der Waals surface area contributed by atoms with E-state index in [1.165, 1.54) is 11.5 Å². The van der Waals surface area contributed by atoms with Gasteiger partial charge >= 0.3 is 0 Å². The fourth-order valence-corrected chi connectivity index (χ4v) is 3.18. The van der Waals surface area contributed by atoms with Gasteiger partial charge in [-0.2, -0.15) is 4.37 Å². The smallest absolute Gasteiger partial charge is 0.237 e. The van der Waals surface area contributed by atoms with E-state index >= 15 is 0 Å². The number of primary amides is 1. The van der Waals surface area contributed by atoms with E-state index in [2.05, 4.69) is 21.6 Å². The first kappa shape index (κ1) is 16.4. The maximum atomic E-state index is 11.5. The molecule has 0 aliphatic carbocycles. The third-order valence-electron chi connectivity index (χ3n) is 2.95. The van der Waals surface area contributed by atoms with Gasteiger partial charge in [0.15, 0.2) is 4.34 Å². The van der Waals surface area contributed by atoms with Crippen LogP contribution >= 0.6 is 23.3 Å². The highest BCUT2D eigenvalue weighted by atomic mass is 32.2. The van der Waals surface area contributed by atoms with Crippen LogP contribution in [-0.2, 0) is 4.79 Å². The molecule has 0 aromatic carbocycles. The van der Waals surface area contributed by atoms with Crippen LogP contribution in [0.15, 0.2) is 10.7 Å². The first-order chi connectivity index (χ1) is 9.08. The predicted molar refractivity (Wildman–Crippen MR) is 80.4 cm³/mol. The zero-order valence-electron chi connectivity index (χ0n) is 11.5. The van der Waals surface area contributed by atoms with Crippen molar-refractivity contribution in [1.29, 1.82) is 0 Å². The largest absolute Gasteiger partial charge is 0.368 e. The van der Waals surface area contributed by atoms with Crippen LogP contribution in [0.1, 0.15) is 39.5 Å². The molecule has 7 heteroatoms. The number of amides is 1. The molecule has 1 amide bonds. The summed E-state index contributed by atoms with van der Waals surface area (Å²) in [7, 11) is 0. The fraction of sp³-hybridized carbons (Fsp3) is 0.750. The predicted octanol–water partition coefficient (Wildman–Crippen LogP) is 2.04. The van der Waals surface area contributed by atoms with Crippen molar-refractivity contribution in [3.63, 3.8) is 0 Å². The molecule has 0 saturated heterocycles. The number of carbonyl (C=O) groups is 1. The topological polar surface area (TPSA) is 80.9 Å². The highest BCUT2D eigenvalue weighted by Crippen LogP contribution is 2.21. The van der Waals surface area contributed by atoms with Crippen molar-refractivity contribution in [2.45, 2.75) is 49.4 Å². The number of nitrogens with one attached hydrogen (secondary N) is 1. The van der Waals surface area contributed by atoms with Gasteiger partial charge in [0.1, 0.15) is 6.33 Å². The standard InChI is InChI=1S/C12H22N4OS2/c1-3-7-15-12(2,10(13)17)6-4-5-8-18-11-14-9-16-19-11/h9,15H,3-8H2,1-2H3,(H2,13,17). The van der Waals surface area contributed by atoms with Crippen LogP contribution in [0.3, 0.4) is 0 Å². The summed E-state index contributed by atoms with van der Waals surface area (Å²) in [6, 6.07) is 0. The minimum absolute atomic E-state index is 0.266. The average molecular weight is 302 g/mol. The lowest BCUT2D eigenvalue weighted by Crippen LogP contribution is -2.53. The summed E-state index contributed by atoms with van der Waals surface area (Å²) in [5.41, 5.74) is 4.90. The lowest BCUT2D eigenvalue weighted by molar-refractivity contribution is -0.124. The Morgan fingerprint density at radius 1 is 1.58 bits per heavy atom. The summed E-state index contributed by atoms with van der Waals surface area (Å²) in [4.78, 5) is 15.6. The second kappa shape index (κ2) is 8.50. The average Bonchev–Trinajstić information content (AvgIpc) is 2.89. The number of rotatable bonds is 10. The number of nitrogens with two attached hydrogens (primary N) is 1. The summed E-state index contributed by atoms with van der Waals surface area (Å²) in [6.07, 6.45) is 5.36. The van der Waals surface area contributed by atoms with Crippen molar-refractivity contribution >= 4 is 29.2 Å². The summed E-state index contributed by atoms with van der Waals surface area (Å²) in [5, 5.41) is 3.25. The SMILES string of the molecule is CCCNC(C)(CCCCSc1ncns1)C(N)=O. The van der Waals surface area contributed by atoms with Gasteiger partial charge in [-0.3, -0.25) is 4.79 Å². The van der Waals surface area contributed by atoms with Crippen LogP contribution < -0.4 is 11.1 Å². The Bertz CT molecular complexity index is 372. The second-order valence-electron chi connectivity index (χ2n) is 4.64. The quantitative estimate of drug-likeness (QED) is 0.510. The fourth-order valence-electron chi connectivity index (χ4n) is 1.67. The van der Waals surface area contributed by atoms with Gasteiger partial charge in [-0.15, -0.1) is 0 Å². The summed E-state index contributed by atoms with van der Waals surface area (Å²) in [5.74, 6) is 0.732. The molecule has 1 rings (SSSR count). The molecule has 0 fully saturated rings. The number of aromatic nitrogens is 2. The van der Waals surface area contributed by atoms with Gasteiger partial charge in [0.2, 0.25) is 5.91 Å². The number of nitrogens with zero attached hydrogens (tertiary/aromatic N) is 2. The molecule has 0 bridgehead atoms. The molecule has 1 unspecified atom stereocenters. The third-order valence-corrected chi connectivity index (χ3v) is 4.83. The number of thioether (sulfide) groups is 1. The highest BCUT2D eigenvalue weighted by molar-refractivity contribution is 8.00. The van der Waals surface area contributed by atoms with E-state index in [0.29, 0.717) is 0 Å². The second-order valence-corrected chi connectivity index (χ2v) is 6.76. The molecule has 1 aromatic rings. The lowest BCUT2D eigenvalue weighted by atomic mass is 9.94. The van der Waals surface area contributed by atoms with Crippen molar-refractivity contribution < 1.29 is 4.79 Å². The maximum Gasteiger partial charge on any atom is 0.237 e. The van der Waals surface area contributed by atoms with Crippen molar-refractivity contribution in [3.05, 3.63) is 6.33 Å². The van der Waals surface area contributed by atoms with Gasteiger partial charge in [-0.05, 0) is 44.3 Å². The van der Waals surface area contributed by atoms with Crippen LogP contribution in [0.4, 0.5) is 0 Å². The van der Waals surface area contributed by atoms with E-state index in [4.69, 9.17) is 5.73 Å². The number of hydrogen-bond acceptors (Lipinski definition) is 6. The van der Waals surface area contributed by atoms with Crippen LogP contribution in [0, 0.1) is 0 Å². The first-order valence-electron chi connectivity index (χ1n) is 6.53. The van der Waals surface area contributed by atoms with Gasteiger partial charge in [0.25, 0.3) is 0 Å². The van der Waals surface area contributed by atoms with E-state index in [-0.39, 0.29) is 5.91 Å². The minimum atomic E-state index is -0.580. The van der Waals surface area contributed by atoms with E-state index in [1.54, 1.807) is 18.1 Å². The van der Waals surface area contributed by atoms with E-state index < -0.39 is 5.54 Å². The molecular weight excluding hydrogens is 280 g/mol. The molecule has 108 valence electrons. The Hall–Kier alpha value is -0.660. The monoisotopic (exact) mass is 302 g/mol. The molecule has 0 aliphatic rings. The van der Waals surface area contributed by atoms with E-state index in [1.807, 2.05) is 6.92 Å². The molecule has 3 N–H and O–H groups in total. The molecule has 1 aromatic heterocycles. The normalized spacial score (nSPS) is 14.2. The molecule has 1 atom stereocenters. The van der Waals surface area contributed by atoms with Crippen LogP contribution in [-0.4, -0.2) is 33.1 Å². The van der Waals surface area contributed by atoms with Crippen LogP contribution in [0.25, 0.3) is 0 Å². The van der Waals surface area contributed by atoms with Crippen molar-refractivity contribution in [3.8, 4) is 0 Å². The Morgan fingerprint density at radius 3 is 2.95 bits per heavy atom. The zero-order valence-corrected chi connectivity index (χ0v) is 13.1. The Kier molecular flexibility index (Phi) is 7.33. The molecule has 0 saturated carbocycles. The highest BCUT2D eigenvalue weighted by Gasteiger charge is 2.29. The van der Waals surface area contributed by atoms with Gasteiger partial charge in [-0.1, -0.05) is 25.1 Å². The van der Waals surface area contributed by atoms with Gasteiger partial charge < -0.3 is 11.1 Å². The first-order valence-corrected chi connectivity index (χ1v) is 8.29. The molecule has 0 radical (unpaired) electrons. The Morgan fingerprint density at radius 2 is 2.37 bits per heavy atom. The van der Waals surface area contributed by atoms with Crippen molar-refractivity contribution in [2.75, 3.05) is 12.3 Å². The Balaban J connectivity index is 2.22. The van der Waals surface area contributed by atoms with Crippen LogP contribution in [0.5, 0.6) is 0 Å². The van der Waals surface area contributed by atoms with Gasteiger partial charge in [0.05, 0.1) is 5.54 Å². The molecule has 1 heterocycles. The van der Waals surface area contributed by atoms with Gasteiger partial charge in [-0.25, -0.2) is 4.98 Å². The molecule has 5 nitrogen and oxygen atoms in total. The molecular formula is C12H22N4OS2. The zero-order chi connectivity index (χ0) is 14.1. The molecule has 0 aliphatic heterocycles. The van der Waals surface area contributed by atoms with E-state index in [9.17, 15) is 4.79 Å². The van der Waals surface area contributed by atoms with Crippen LogP contribution in [0.2, 0.25) is 0 Å². The number of carbonyl (C=O) groups excluding carboxylic acids is 1. The maximum absolute atomic E-state index is 11.5. The third kappa shape index (κ3) is 5.88. The van der Waals surface area contributed by atoms with E-state index in [0.717, 1.165) is 42.3 Å². The number of unbranched alkanes of at least 4 members (excludes halogenated alkanes) is 1. The summed E-state index contributed by atoms with van der Waals surface area (Å²) < 4.78 is 4.96. The summed E-state index contributed by atoms with van der Waals surface area (Å²) in [6.45, 7) is 4.79. The van der Waals surface area contributed by atoms with Crippen molar-refractivity contribution in [1.82, 2.24) is 14.7 Å².